The van der Waals surface area contributed by atoms with Crippen molar-refractivity contribution in [2.75, 3.05) is 19.6 Å². The van der Waals surface area contributed by atoms with Crippen molar-refractivity contribution in [3.63, 3.8) is 0 Å². The van der Waals surface area contributed by atoms with Gasteiger partial charge in [-0.3, -0.25) is 9.20 Å². The average Bonchev–Trinajstić information content (AvgIpc) is 3.38. The Morgan fingerprint density at radius 1 is 0.848 bits per heavy atom. The molecule has 5 heteroatoms. The van der Waals surface area contributed by atoms with Gasteiger partial charge in [0.2, 0.25) is 5.78 Å². The fourth-order valence-corrected chi connectivity index (χ4v) is 5.40. The summed E-state index contributed by atoms with van der Waals surface area (Å²) in [5.74, 6) is 0.880. The molecular formula is C28H28N4O. The van der Waals surface area contributed by atoms with Gasteiger partial charge in [-0.25, -0.2) is 4.98 Å². The van der Waals surface area contributed by atoms with Crippen LogP contribution >= 0.6 is 0 Å². The van der Waals surface area contributed by atoms with Crippen molar-refractivity contribution in [3.8, 4) is 11.3 Å². The Morgan fingerprint density at radius 2 is 1.58 bits per heavy atom. The molecule has 1 fully saturated rings. The van der Waals surface area contributed by atoms with Crippen LogP contribution < -0.4 is 0 Å². The van der Waals surface area contributed by atoms with Crippen molar-refractivity contribution in [2.24, 2.45) is 0 Å². The topological polar surface area (TPSA) is 42.5 Å². The highest BCUT2D eigenvalue weighted by molar-refractivity contribution is 6.06. The van der Waals surface area contributed by atoms with Crippen LogP contribution in [0.1, 0.15) is 36.7 Å². The predicted molar refractivity (Wildman–Crippen MR) is 134 cm³/mol. The van der Waals surface area contributed by atoms with Crippen molar-refractivity contribution >= 4 is 33.4 Å². The quantitative estimate of drug-likeness (QED) is 0.327. The molecule has 0 atom stereocenters. The number of Topliss-reactive ketones (excluding diaryl/α,β-unsaturated/α-hetero) is 1. The zero-order valence-corrected chi connectivity index (χ0v) is 19.0. The number of nitrogens with zero attached hydrogens (tertiary/aromatic N) is 4. The van der Waals surface area contributed by atoms with Gasteiger partial charge in [0, 0.05) is 25.6 Å². The Bertz CT molecular complexity index is 1480. The number of piperidine rings is 1. The molecule has 166 valence electrons. The van der Waals surface area contributed by atoms with E-state index in [-0.39, 0.29) is 5.78 Å². The van der Waals surface area contributed by atoms with Crippen LogP contribution in [-0.2, 0) is 6.54 Å². The van der Waals surface area contributed by atoms with Gasteiger partial charge in [0.05, 0.1) is 11.0 Å². The third-order valence-electron chi connectivity index (χ3n) is 6.98. The van der Waals surface area contributed by atoms with Crippen molar-refractivity contribution in [1.29, 1.82) is 0 Å². The van der Waals surface area contributed by atoms with Crippen LogP contribution in [-0.4, -0.2) is 44.3 Å². The molecule has 0 radical (unpaired) electrons. The van der Waals surface area contributed by atoms with E-state index in [1.807, 2.05) is 24.3 Å². The number of carbonyl (C=O) groups is 1. The van der Waals surface area contributed by atoms with Gasteiger partial charge in [0.15, 0.2) is 5.78 Å². The van der Waals surface area contributed by atoms with E-state index in [9.17, 15) is 4.79 Å². The molecule has 1 aliphatic heterocycles. The largest absolute Gasteiger partial charge is 0.308 e. The van der Waals surface area contributed by atoms with E-state index >= 15 is 0 Å². The monoisotopic (exact) mass is 436 g/mol. The van der Waals surface area contributed by atoms with Crippen molar-refractivity contribution < 1.29 is 4.79 Å². The summed E-state index contributed by atoms with van der Waals surface area (Å²) in [5, 5.41) is 2.27. The van der Waals surface area contributed by atoms with Crippen LogP contribution in [0.2, 0.25) is 0 Å². The molecule has 0 bridgehead atoms. The molecule has 3 heterocycles. The summed E-state index contributed by atoms with van der Waals surface area (Å²) in [7, 11) is 0. The number of carbonyl (C=O) groups excluding carboxylic acids is 1. The van der Waals surface area contributed by atoms with E-state index in [4.69, 9.17) is 4.98 Å². The molecule has 0 amide bonds. The number of fused-ring (bicyclic) bond motifs is 4. The van der Waals surface area contributed by atoms with Crippen LogP contribution in [0.15, 0.2) is 66.7 Å². The minimum Gasteiger partial charge on any atom is -0.308 e. The lowest BCUT2D eigenvalue weighted by atomic mass is 10.0. The van der Waals surface area contributed by atoms with Crippen LogP contribution in [0.5, 0.6) is 0 Å². The Morgan fingerprint density at radius 3 is 2.39 bits per heavy atom. The maximum atomic E-state index is 13.0. The number of hydrogen-bond acceptors (Lipinski definition) is 3. The third-order valence-corrected chi connectivity index (χ3v) is 6.98. The predicted octanol–water partition coefficient (Wildman–Crippen LogP) is 5.80. The second-order valence-electron chi connectivity index (χ2n) is 9.07. The second-order valence-corrected chi connectivity index (χ2v) is 9.07. The number of imidazole rings is 2. The second kappa shape index (κ2) is 8.16. The molecule has 1 saturated heterocycles. The minimum atomic E-state index is 0.0318. The number of likely N-dealkylation sites (tertiary alicyclic amines) is 1. The molecule has 5 aromatic rings. The van der Waals surface area contributed by atoms with E-state index in [2.05, 4.69) is 56.3 Å². The zero-order chi connectivity index (χ0) is 22.4. The van der Waals surface area contributed by atoms with E-state index in [1.165, 1.54) is 32.4 Å². The van der Waals surface area contributed by atoms with Crippen LogP contribution in [0.4, 0.5) is 0 Å². The maximum Gasteiger partial charge on any atom is 0.216 e. The molecule has 3 aromatic carbocycles. The van der Waals surface area contributed by atoms with Gasteiger partial charge in [0.25, 0.3) is 0 Å². The number of para-hydroxylation sites is 2. The molecule has 0 N–H and O–H groups in total. The Labute approximate surface area is 193 Å². The van der Waals surface area contributed by atoms with Crippen molar-refractivity contribution in [3.05, 3.63) is 72.4 Å². The van der Waals surface area contributed by atoms with E-state index < -0.39 is 0 Å². The molecular weight excluding hydrogens is 408 g/mol. The third kappa shape index (κ3) is 3.35. The normalized spacial score (nSPS) is 15.1. The lowest BCUT2D eigenvalue weighted by molar-refractivity contribution is 0.101. The fourth-order valence-electron chi connectivity index (χ4n) is 5.40. The summed E-state index contributed by atoms with van der Waals surface area (Å²) in [6.07, 6.45) is 3.90. The van der Waals surface area contributed by atoms with Gasteiger partial charge in [-0.1, -0.05) is 61.0 Å². The summed E-state index contributed by atoms with van der Waals surface area (Å²) in [6, 6.07) is 22.9. The van der Waals surface area contributed by atoms with Crippen molar-refractivity contribution in [1.82, 2.24) is 18.9 Å². The van der Waals surface area contributed by atoms with Crippen molar-refractivity contribution in [2.45, 2.75) is 32.7 Å². The highest BCUT2D eigenvalue weighted by Gasteiger charge is 2.24. The molecule has 5 nitrogen and oxygen atoms in total. The van der Waals surface area contributed by atoms with Gasteiger partial charge >= 0.3 is 0 Å². The first-order valence-electron chi connectivity index (χ1n) is 11.9. The smallest absolute Gasteiger partial charge is 0.216 e. The summed E-state index contributed by atoms with van der Waals surface area (Å²) < 4.78 is 4.37. The van der Waals surface area contributed by atoms with E-state index in [1.54, 1.807) is 6.92 Å². The molecule has 0 saturated carbocycles. The molecule has 0 spiro atoms. The summed E-state index contributed by atoms with van der Waals surface area (Å²) in [6.45, 7) is 5.85. The molecule has 33 heavy (non-hydrogen) atoms. The maximum absolute atomic E-state index is 13.0. The highest BCUT2D eigenvalue weighted by Crippen LogP contribution is 2.34. The van der Waals surface area contributed by atoms with Gasteiger partial charge in [-0.2, -0.15) is 0 Å². The van der Waals surface area contributed by atoms with E-state index in [0.29, 0.717) is 5.69 Å². The lowest BCUT2D eigenvalue weighted by Crippen LogP contribution is -2.32. The number of aromatic nitrogens is 3. The number of hydrogen-bond donors (Lipinski definition) is 0. The summed E-state index contributed by atoms with van der Waals surface area (Å²) in [4.78, 5) is 20.7. The number of rotatable bonds is 5. The molecule has 2 aromatic heterocycles. The molecule has 0 unspecified atom stereocenters. The van der Waals surface area contributed by atoms with Gasteiger partial charge in [-0.15, -0.1) is 0 Å². The van der Waals surface area contributed by atoms with E-state index in [0.717, 1.165) is 51.9 Å². The zero-order valence-electron chi connectivity index (χ0n) is 19.0. The number of benzene rings is 3. The summed E-state index contributed by atoms with van der Waals surface area (Å²) in [5.41, 5.74) is 4.61. The van der Waals surface area contributed by atoms with Crippen LogP contribution in [0.25, 0.3) is 38.8 Å². The highest BCUT2D eigenvalue weighted by atomic mass is 16.1. The lowest BCUT2D eigenvalue weighted by Gasteiger charge is -2.26. The van der Waals surface area contributed by atoms with Crippen LogP contribution in [0.3, 0.4) is 0 Å². The summed E-state index contributed by atoms with van der Waals surface area (Å²) >= 11 is 0. The molecule has 1 aliphatic rings. The van der Waals surface area contributed by atoms with Gasteiger partial charge < -0.3 is 9.47 Å². The van der Waals surface area contributed by atoms with Crippen LogP contribution in [0, 0.1) is 0 Å². The first kappa shape index (κ1) is 20.2. The standard InChI is InChI=1S/C28H28N4O/c1-20(33)27-26(23-13-9-11-21-10-3-4-12-22(21)23)29-28-31(19-18-30-16-7-2-8-17-30)24-14-5-6-15-25(24)32(27)28/h3-6,9-15H,2,7-8,16-19H2,1H3. The Kier molecular flexibility index (Phi) is 4.99. The molecule has 0 aliphatic carbocycles. The Hall–Kier alpha value is -3.44. The number of ketones is 1. The first-order valence-corrected chi connectivity index (χ1v) is 11.9. The SMILES string of the molecule is CC(=O)c1c(-c2cccc3ccccc23)nc2n(CCN3CCCCC3)c3ccccc3n12. The fraction of sp³-hybridized carbons (Fsp3) is 0.286. The Balaban J connectivity index is 1.57. The van der Waals surface area contributed by atoms with Gasteiger partial charge in [-0.05, 0) is 48.8 Å². The minimum absolute atomic E-state index is 0.0318. The molecule has 6 rings (SSSR count). The first-order chi connectivity index (χ1) is 16.2. The average molecular weight is 437 g/mol. The van der Waals surface area contributed by atoms with Gasteiger partial charge in [0.1, 0.15) is 11.4 Å².